The van der Waals surface area contributed by atoms with Gasteiger partial charge >= 0.3 is 0 Å². The zero-order valence-corrected chi connectivity index (χ0v) is 19.0. The Morgan fingerprint density at radius 1 is 1.03 bits per heavy atom. The number of ether oxygens (including phenoxy) is 5. The first-order chi connectivity index (χ1) is 16.2. The summed E-state index contributed by atoms with van der Waals surface area (Å²) in [7, 11) is 3.19. The molecule has 0 radical (unpaired) electrons. The number of methoxy groups -OCH3 is 2. The summed E-state index contributed by atoms with van der Waals surface area (Å²) < 4.78 is 28.3. The first-order valence-electron chi connectivity index (χ1n) is 11.1. The van der Waals surface area contributed by atoms with Crippen molar-refractivity contribution in [3.05, 3.63) is 52.8 Å². The molecular formula is C25H28N2O6. The van der Waals surface area contributed by atoms with Gasteiger partial charge in [0.2, 0.25) is 5.78 Å². The molecule has 8 nitrogen and oxygen atoms in total. The maximum atomic E-state index is 13.1. The van der Waals surface area contributed by atoms with Gasteiger partial charge in [-0.3, -0.25) is 14.6 Å². The Kier molecular flexibility index (Phi) is 6.22. The van der Waals surface area contributed by atoms with E-state index in [-0.39, 0.29) is 11.5 Å². The standard InChI is InChI=1S/C25H28N2O6/c1-29-18-3-5-21(30-2)17(13-18)14-23-24(28)19-4-6-22-20(25(19)33-23)15-27(16-32-22)8-7-26-9-11-31-12-10-26/h3-6,13-14H,7-12,15-16H2,1-2H3/b23-14-. The molecule has 0 amide bonds. The number of carbonyl (C=O) groups is 1. The molecule has 0 bridgehead atoms. The van der Waals surface area contributed by atoms with Gasteiger partial charge in [-0.1, -0.05) is 0 Å². The number of rotatable bonds is 6. The number of morpholine rings is 1. The Labute approximate surface area is 193 Å². The van der Waals surface area contributed by atoms with Crippen molar-refractivity contribution in [1.29, 1.82) is 0 Å². The van der Waals surface area contributed by atoms with Crippen molar-refractivity contribution in [2.45, 2.75) is 6.54 Å². The van der Waals surface area contributed by atoms with Crippen LogP contribution in [-0.2, 0) is 11.3 Å². The minimum Gasteiger partial charge on any atom is -0.497 e. The minimum absolute atomic E-state index is 0.150. The lowest BCUT2D eigenvalue weighted by atomic mass is 10.0. The highest BCUT2D eigenvalue weighted by molar-refractivity contribution is 6.15. The number of fused-ring (bicyclic) bond motifs is 3. The lowest BCUT2D eigenvalue weighted by molar-refractivity contribution is 0.0239. The topological polar surface area (TPSA) is 69.7 Å². The average Bonchev–Trinajstić information content (AvgIpc) is 3.18. The number of Topliss-reactive ketones (excluding diaryl/α,β-unsaturated/α-hetero) is 1. The van der Waals surface area contributed by atoms with Crippen LogP contribution in [0.25, 0.3) is 6.08 Å². The number of carbonyl (C=O) groups excluding carboxylic acids is 1. The zero-order valence-electron chi connectivity index (χ0n) is 19.0. The van der Waals surface area contributed by atoms with Gasteiger partial charge in [0.05, 0.1) is 38.6 Å². The van der Waals surface area contributed by atoms with Crippen LogP contribution in [0.2, 0.25) is 0 Å². The van der Waals surface area contributed by atoms with Gasteiger partial charge in [-0.2, -0.15) is 0 Å². The first-order valence-corrected chi connectivity index (χ1v) is 11.1. The molecule has 2 aromatic carbocycles. The van der Waals surface area contributed by atoms with Gasteiger partial charge in [-0.25, -0.2) is 0 Å². The van der Waals surface area contributed by atoms with Crippen LogP contribution in [0.1, 0.15) is 21.5 Å². The van der Waals surface area contributed by atoms with Crippen LogP contribution in [0.3, 0.4) is 0 Å². The third kappa shape index (κ3) is 4.42. The molecule has 1 saturated heterocycles. The molecule has 174 valence electrons. The van der Waals surface area contributed by atoms with Gasteiger partial charge in [0.25, 0.3) is 0 Å². The van der Waals surface area contributed by atoms with E-state index in [2.05, 4.69) is 9.80 Å². The molecule has 0 spiro atoms. The van der Waals surface area contributed by atoms with Crippen molar-refractivity contribution >= 4 is 11.9 Å². The quantitative estimate of drug-likeness (QED) is 0.620. The van der Waals surface area contributed by atoms with Crippen molar-refractivity contribution in [1.82, 2.24) is 9.80 Å². The molecule has 5 rings (SSSR count). The van der Waals surface area contributed by atoms with Crippen molar-refractivity contribution in [2.24, 2.45) is 0 Å². The monoisotopic (exact) mass is 452 g/mol. The molecule has 0 saturated carbocycles. The molecule has 0 unspecified atom stereocenters. The Morgan fingerprint density at radius 2 is 1.85 bits per heavy atom. The van der Waals surface area contributed by atoms with Crippen molar-refractivity contribution in [3.8, 4) is 23.0 Å². The van der Waals surface area contributed by atoms with E-state index in [1.165, 1.54) is 0 Å². The fourth-order valence-electron chi connectivity index (χ4n) is 4.35. The van der Waals surface area contributed by atoms with Crippen molar-refractivity contribution < 1.29 is 28.5 Å². The Hall–Kier alpha value is -3.07. The van der Waals surface area contributed by atoms with Crippen LogP contribution in [0, 0.1) is 0 Å². The second-order valence-corrected chi connectivity index (χ2v) is 8.25. The molecule has 8 heteroatoms. The van der Waals surface area contributed by atoms with E-state index in [4.69, 9.17) is 23.7 Å². The number of nitrogens with zero attached hydrogens (tertiary/aromatic N) is 2. The summed E-state index contributed by atoms with van der Waals surface area (Å²) in [6.07, 6.45) is 1.70. The number of benzene rings is 2. The molecule has 1 fully saturated rings. The van der Waals surface area contributed by atoms with E-state index in [9.17, 15) is 4.79 Å². The number of allylic oxidation sites excluding steroid dienone is 1. The zero-order chi connectivity index (χ0) is 22.8. The number of ketones is 1. The Morgan fingerprint density at radius 3 is 2.64 bits per heavy atom. The molecule has 2 aromatic rings. The normalized spacial score (nSPS) is 19.6. The predicted molar refractivity (Wildman–Crippen MR) is 122 cm³/mol. The highest BCUT2D eigenvalue weighted by Gasteiger charge is 2.34. The van der Waals surface area contributed by atoms with E-state index in [0.717, 1.165) is 50.7 Å². The molecule has 3 aliphatic rings. The molecule has 0 atom stereocenters. The summed E-state index contributed by atoms with van der Waals surface area (Å²) in [6.45, 7) is 6.52. The van der Waals surface area contributed by atoms with Crippen LogP contribution in [0.4, 0.5) is 0 Å². The van der Waals surface area contributed by atoms with E-state index in [1.807, 2.05) is 18.2 Å². The number of hydrogen-bond donors (Lipinski definition) is 0. The summed E-state index contributed by atoms with van der Waals surface area (Å²) in [5.74, 6) is 2.77. The molecular weight excluding hydrogens is 424 g/mol. The fraction of sp³-hybridized carbons (Fsp3) is 0.400. The van der Waals surface area contributed by atoms with Crippen LogP contribution >= 0.6 is 0 Å². The molecule has 33 heavy (non-hydrogen) atoms. The summed E-state index contributed by atoms with van der Waals surface area (Å²) in [5.41, 5.74) is 2.18. The highest BCUT2D eigenvalue weighted by Crippen LogP contribution is 2.42. The van der Waals surface area contributed by atoms with E-state index in [0.29, 0.717) is 41.7 Å². The summed E-state index contributed by atoms with van der Waals surface area (Å²) in [6, 6.07) is 9.08. The smallest absolute Gasteiger partial charge is 0.231 e. The van der Waals surface area contributed by atoms with Crippen molar-refractivity contribution in [2.75, 3.05) is 60.3 Å². The van der Waals surface area contributed by atoms with Crippen LogP contribution in [0.15, 0.2) is 36.1 Å². The van der Waals surface area contributed by atoms with Gasteiger partial charge in [-0.05, 0) is 36.4 Å². The SMILES string of the molecule is COc1ccc(OC)c(/C=C2\Oc3c(ccc4c3CN(CCN3CCOCC3)CO4)C2=O)c1. The number of hydrogen-bond acceptors (Lipinski definition) is 8. The molecule has 0 N–H and O–H groups in total. The molecule has 0 aromatic heterocycles. The van der Waals surface area contributed by atoms with E-state index in [1.54, 1.807) is 32.4 Å². The third-order valence-corrected chi connectivity index (χ3v) is 6.24. The summed E-state index contributed by atoms with van der Waals surface area (Å²) >= 11 is 0. The lowest BCUT2D eigenvalue weighted by Crippen LogP contribution is -2.43. The minimum atomic E-state index is -0.150. The van der Waals surface area contributed by atoms with Crippen LogP contribution in [0.5, 0.6) is 23.0 Å². The molecule has 3 aliphatic heterocycles. The van der Waals surface area contributed by atoms with Gasteiger partial charge in [-0.15, -0.1) is 0 Å². The average molecular weight is 453 g/mol. The Balaban J connectivity index is 1.36. The van der Waals surface area contributed by atoms with E-state index >= 15 is 0 Å². The molecule has 3 heterocycles. The van der Waals surface area contributed by atoms with Crippen molar-refractivity contribution in [3.63, 3.8) is 0 Å². The predicted octanol–water partition coefficient (Wildman–Crippen LogP) is 2.80. The van der Waals surface area contributed by atoms with Crippen LogP contribution < -0.4 is 18.9 Å². The van der Waals surface area contributed by atoms with Crippen LogP contribution in [-0.4, -0.2) is 75.9 Å². The second-order valence-electron chi connectivity index (χ2n) is 8.25. The lowest BCUT2D eigenvalue weighted by Gasteiger charge is -2.33. The Bertz CT molecular complexity index is 1080. The van der Waals surface area contributed by atoms with E-state index < -0.39 is 0 Å². The maximum Gasteiger partial charge on any atom is 0.231 e. The van der Waals surface area contributed by atoms with Gasteiger partial charge in [0.1, 0.15) is 29.7 Å². The second kappa shape index (κ2) is 9.43. The first kappa shape index (κ1) is 21.8. The summed E-state index contributed by atoms with van der Waals surface area (Å²) in [5, 5.41) is 0. The largest absolute Gasteiger partial charge is 0.497 e. The highest BCUT2D eigenvalue weighted by atomic mass is 16.5. The maximum absolute atomic E-state index is 13.1. The van der Waals surface area contributed by atoms with Gasteiger partial charge in [0.15, 0.2) is 5.76 Å². The van der Waals surface area contributed by atoms with Gasteiger partial charge < -0.3 is 23.7 Å². The van der Waals surface area contributed by atoms with Gasteiger partial charge in [0, 0.05) is 38.3 Å². The summed E-state index contributed by atoms with van der Waals surface area (Å²) in [4.78, 5) is 17.8. The third-order valence-electron chi connectivity index (χ3n) is 6.24. The molecule has 0 aliphatic carbocycles. The fourth-order valence-corrected chi connectivity index (χ4v) is 4.35.